The van der Waals surface area contributed by atoms with E-state index in [0.717, 1.165) is 60.2 Å². The van der Waals surface area contributed by atoms with Crippen LogP contribution < -0.4 is 5.69 Å². The van der Waals surface area contributed by atoms with Gasteiger partial charge in [0.15, 0.2) is 0 Å². The van der Waals surface area contributed by atoms with E-state index < -0.39 is 0 Å². The maximum absolute atomic E-state index is 13.3. The second-order valence-electron chi connectivity index (χ2n) is 7.87. The molecule has 0 unspecified atom stereocenters. The van der Waals surface area contributed by atoms with E-state index in [1.165, 1.54) is 6.42 Å². The molecule has 4 heterocycles. The number of hydrogen-bond donors (Lipinski definition) is 0. The monoisotopic (exact) mass is 409 g/mol. The molecule has 150 valence electrons. The second-order valence-corrected chi connectivity index (χ2v) is 8.31. The highest BCUT2D eigenvalue weighted by atomic mass is 35.5. The average Bonchev–Trinajstić information content (AvgIpc) is 3.44. The number of aromatic nitrogens is 5. The summed E-state index contributed by atoms with van der Waals surface area (Å²) in [6.45, 7) is 2.65. The van der Waals surface area contributed by atoms with Gasteiger partial charge in [0, 0.05) is 35.2 Å². The third-order valence-electron chi connectivity index (χ3n) is 5.77. The Morgan fingerprint density at radius 1 is 1.21 bits per heavy atom. The molecule has 1 fully saturated rings. The van der Waals surface area contributed by atoms with Gasteiger partial charge in [0.2, 0.25) is 0 Å². The van der Waals surface area contributed by atoms with Crippen molar-refractivity contribution in [3.8, 4) is 0 Å². The zero-order valence-electron chi connectivity index (χ0n) is 16.5. The molecule has 0 aliphatic heterocycles. The zero-order chi connectivity index (χ0) is 20.0. The van der Waals surface area contributed by atoms with Gasteiger partial charge in [-0.3, -0.25) is 14.1 Å². The fraction of sp³-hybridized carbons (Fsp3) is 0.409. The number of aryl methyl sites for hydroxylation is 1. The normalized spacial score (nSPS) is 14.3. The number of hydrogen-bond acceptors (Lipinski definition) is 3. The summed E-state index contributed by atoms with van der Waals surface area (Å²) < 4.78 is 5.87. The molecule has 0 aromatic carbocycles. The van der Waals surface area contributed by atoms with Gasteiger partial charge >= 0.3 is 5.69 Å². The Morgan fingerprint density at radius 2 is 2.07 bits per heavy atom. The Kier molecular flexibility index (Phi) is 4.66. The lowest BCUT2D eigenvalue weighted by atomic mass is 10.1. The Balaban J connectivity index is 1.63. The SMILES string of the molecule is CCCCCc1c(Cn2c(=O)n(C3CC3)c3ccncc32)nc2cc(Cl)ccn12. The molecule has 1 saturated carbocycles. The zero-order valence-corrected chi connectivity index (χ0v) is 17.3. The average molecular weight is 410 g/mol. The number of rotatable bonds is 7. The van der Waals surface area contributed by atoms with Gasteiger partial charge in [0.05, 0.1) is 29.5 Å². The molecule has 29 heavy (non-hydrogen) atoms. The summed E-state index contributed by atoms with van der Waals surface area (Å²) in [6, 6.07) is 6.03. The highest BCUT2D eigenvalue weighted by molar-refractivity contribution is 6.30. The van der Waals surface area contributed by atoms with E-state index in [-0.39, 0.29) is 5.69 Å². The summed E-state index contributed by atoms with van der Waals surface area (Å²) in [6.07, 6.45) is 12.0. The quantitative estimate of drug-likeness (QED) is 0.418. The molecule has 1 aliphatic carbocycles. The van der Waals surface area contributed by atoms with Crippen molar-refractivity contribution in [2.45, 2.75) is 58.0 Å². The predicted molar refractivity (Wildman–Crippen MR) is 115 cm³/mol. The maximum Gasteiger partial charge on any atom is 0.329 e. The van der Waals surface area contributed by atoms with Crippen LogP contribution in [0.25, 0.3) is 16.7 Å². The summed E-state index contributed by atoms with van der Waals surface area (Å²) in [4.78, 5) is 22.4. The van der Waals surface area contributed by atoms with Crippen molar-refractivity contribution in [1.82, 2.24) is 23.5 Å². The molecule has 0 N–H and O–H groups in total. The Hall–Kier alpha value is -2.60. The molecule has 1 aliphatic rings. The topological polar surface area (TPSA) is 57.1 Å². The minimum Gasteiger partial charge on any atom is -0.304 e. The Morgan fingerprint density at radius 3 is 2.86 bits per heavy atom. The fourth-order valence-electron chi connectivity index (χ4n) is 4.17. The third-order valence-corrected chi connectivity index (χ3v) is 6.01. The van der Waals surface area contributed by atoms with Gasteiger partial charge in [-0.15, -0.1) is 0 Å². The van der Waals surface area contributed by atoms with Crippen molar-refractivity contribution in [2.24, 2.45) is 0 Å². The van der Waals surface area contributed by atoms with Crippen molar-refractivity contribution in [2.75, 3.05) is 0 Å². The van der Waals surface area contributed by atoms with Crippen LogP contribution in [0.4, 0.5) is 0 Å². The molecule has 0 bridgehead atoms. The molecule has 0 atom stereocenters. The van der Waals surface area contributed by atoms with Gasteiger partial charge in [0.1, 0.15) is 5.65 Å². The van der Waals surface area contributed by atoms with Crippen molar-refractivity contribution < 1.29 is 0 Å². The maximum atomic E-state index is 13.3. The number of nitrogens with zero attached hydrogens (tertiary/aromatic N) is 5. The van der Waals surface area contributed by atoms with Gasteiger partial charge in [-0.2, -0.15) is 0 Å². The molecule has 0 radical (unpaired) electrons. The molecule has 5 rings (SSSR count). The first-order chi connectivity index (χ1) is 14.2. The van der Waals surface area contributed by atoms with Crippen LogP contribution >= 0.6 is 11.6 Å². The largest absolute Gasteiger partial charge is 0.329 e. The van der Waals surface area contributed by atoms with E-state index in [4.69, 9.17) is 16.6 Å². The first kappa shape index (κ1) is 18.4. The lowest BCUT2D eigenvalue weighted by molar-refractivity contribution is 0.656. The van der Waals surface area contributed by atoms with E-state index in [9.17, 15) is 4.79 Å². The summed E-state index contributed by atoms with van der Waals surface area (Å²) in [7, 11) is 0. The number of unbranched alkanes of at least 4 members (excludes halogenated alkanes) is 2. The predicted octanol–water partition coefficient (Wildman–Crippen LogP) is 4.62. The highest BCUT2D eigenvalue weighted by Crippen LogP contribution is 2.36. The molecule has 6 nitrogen and oxygen atoms in total. The van der Waals surface area contributed by atoms with Crippen LogP contribution in [0.15, 0.2) is 41.6 Å². The van der Waals surface area contributed by atoms with Gasteiger partial charge in [-0.25, -0.2) is 9.78 Å². The molecular formula is C22H24ClN5O. The Labute approximate surface area is 173 Å². The van der Waals surface area contributed by atoms with Crippen LogP contribution in [0.3, 0.4) is 0 Å². The van der Waals surface area contributed by atoms with E-state index in [1.54, 1.807) is 12.4 Å². The summed E-state index contributed by atoms with van der Waals surface area (Å²) >= 11 is 6.20. The smallest absolute Gasteiger partial charge is 0.304 e. The molecule has 0 spiro atoms. The van der Waals surface area contributed by atoms with Crippen LogP contribution in [0, 0.1) is 0 Å². The lowest BCUT2D eigenvalue weighted by Gasteiger charge is -2.06. The van der Waals surface area contributed by atoms with Gasteiger partial charge in [-0.05, 0) is 37.8 Å². The van der Waals surface area contributed by atoms with E-state index in [0.29, 0.717) is 17.6 Å². The van der Waals surface area contributed by atoms with Crippen LogP contribution in [0.5, 0.6) is 0 Å². The van der Waals surface area contributed by atoms with Crippen molar-refractivity contribution in [3.05, 3.63) is 63.7 Å². The molecule has 4 aromatic heterocycles. The van der Waals surface area contributed by atoms with Crippen LogP contribution in [-0.4, -0.2) is 23.5 Å². The molecule has 0 saturated heterocycles. The number of fused-ring (bicyclic) bond motifs is 2. The van der Waals surface area contributed by atoms with Gasteiger partial charge in [-0.1, -0.05) is 31.4 Å². The van der Waals surface area contributed by atoms with Crippen molar-refractivity contribution >= 4 is 28.3 Å². The summed E-state index contributed by atoms with van der Waals surface area (Å²) in [5, 5.41) is 0.667. The standard InChI is InChI=1S/C22H24ClN5O/c1-2-3-4-5-18-17(25-21-12-15(23)9-11-26(18)21)14-27-20-13-24-10-8-19(20)28(22(27)29)16-6-7-16/h8-13,16H,2-7,14H2,1H3. The molecule has 7 heteroatoms. The van der Waals surface area contributed by atoms with E-state index in [2.05, 4.69) is 16.3 Å². The minimum atomic E-state index is 0.0325. The number of pyridine rings is 2. The van der Waals surface area contributed by atoms with Gasteiger partial charge < -0.3 is 4.40 Å². The van der Waals surface area contributed by atoms with Crippen molar-refractivity contribution in [1.29, 1.82) is 0 Å². The van der Waals surface area contributed by atoms with E-state index >= 15 is 0 Å². The highest BCUT2D eigenvalue weighted by Gasteiger charge is 2.29. The fourth-order valence-corrected chi connectivity index (χ4v) is 4.32. The summed E-state index contributed by atoms with van der Waals surface area (Å²) in [5.41, 5.74) is 4.80. The first-order valence-corrected chi connectivity index (χ1v) is 10.7. The molecule has 4 aromatic rings. The first-order valence-electron chi connectivity index (χ1n) is 10.4. The molecular weight excluding hydrogens is 386 g/mol. The number of halogens is 1. The number of imidazole rings is 2. The second kappa shape index (κ2) is 7.34. The van der Waals surface area contributed by atoms with E-state index in [1.807, 2.05) is 33.5 Å². The van der Waals surface area contributed by atoms with Crippen LogP contribution in [0.1, 0.15) is 56.5 Å². The van der Waals surface area contributed by atoms with Crippen molar-refractivity contribution in [3.63, 3.8) is 0 Å². The summed E-state index contributed by atoms with van der Waals surface area (Å²) in [5.74, 6) is 0. The molecule has 0 amide bonds. The third kappa shape index (κ3) is 3.25. The lowest BCUT2D eigenvalue weighted by Crippen LogP contribution is -2.24. The van der Waals surface area contributed by atoms with Crippen LogP contribution in [0.2, 0.25) is 5.02 Å². The van der Waals surface area contributed by atoms with Gasteiger partial charge in [0.25, 0.3) is 0 Å². The minimum absolute atomic E-state index is 0.0325. The Bertz CT molecular complexity index is 1250. The van der Waals surface area contributed by atoms with Crippen LogP contribution in [-0.2, 0) is 13.0 Å².